The van der Waals surface area contributed by atoms with Crippen LogP contribution in [0.1, 0.15) is 109 Å². The number of nitrogens with two attached hydrogens (primary N) is 1. The number of nitrogens with one attached hydrogen (secondary N) is 10. The van der Waals surface area contributed by atoms with Crippen LogP contribution in [0, 0.1) is 32.0 Å². The molecule has 0 aliphatic rings. The maximum absolute atomic E-state index is 10.9. The monoisotopic (exact) mass is 2170 g/mol. The first kappa shape index (κ1) is 160. The van der Waals surface area contributed by atoms with Crippen LogP contribution in [0.2, 0.25) is 15.9 Å². The number of nitrogens with zero attached hydrogens (tertiary/aromatic N) is 14. The van der Waals surface area contributed by atoms with Crippen molar-refractivity contribution in [3.8, 4) is 0 Å². The van der Waals surface area contributed by atoms with E-state index in [0.29, 0.717) is 57.9 Å². The third-order valence-electron chi connectivity index (χ3n) is 15.0. The molecule has 0 amide bonds. The second kappa shape index (κ2) is 90.4. The number of hydrogen-bond acceptors (Lipinski definition) is 44. The van der Waals surface area contributed by atoms with Crippen LogP contribution in [0.5, 0.6) is 0 Å². The first-order valence-electron chi connectivity index (χ1n) is 36.4. The second-order valence-corrected chi connectivity index (χ2v) is 25.1. The summed E-state index contributed by atoms with van der Waals surface area (Å²) >= 11 is 16.0. The molecule has 0 bridgehead atoms. The molecule has 0 fully saturated rings. The molecule has 14 aromatic rings. The molecular weight excluding hydrogens is 2090 g/mol. The van der Waals surface area contributed by atoms with Gasteiger partial charge in [0, 0.05) is 42.5 Å². The van der Waals surface area contributed by atoms with E-state index in [-0.39, 0.29) is 423 Å². The van der Waals surface area contributed by atoms with Crippen LogP contribution in [0.15, 0.2) is 223 Å². The number of benzene rings is 9. The normalized spacial score (nSPS) is 8.49. The van der Waals surface area contributed by atoms with Crippen LogP contribution in [-0.2, 0) is 35.2 Å². The maximum Gasteiger partial charge on any atom is 1.00 e. The molecule has 0 aliphatic heterocycles. The van der Waals surface area contributed by atoms with Crippen LogP contribution in [0.25, 0.3) is 0 Å². The minimum Gasteiger partial charge on any atom is -0.545 e. The van der Waals surface area contributed by atoms with Crippen LogP contribution < -0.4 is 362 Å². The van der Waals surface area contributed by atoms with E-state index < -0.39 is 35.8 Å². The summed E-state index contributed by atoms with van der Waals surface area (Å²) in [7, 11) is 3.43. The van der Waals surface area contributed by atoms with E-state index in [4.69, 9.17) is 69.3 Å². The van der Waals surface area contributed by atoms with E-state index in [0.717, 1.165) is 29.0 Å². The number of carbonyl (C=O) groups excluding carboxylic acids is 12. The summed E-state index contributed by atoms with van der Waals surface area (Å²) in [5.74, 6) is -3.52. The Morgan fingerprint density at radius 1 is 0.315 bits per heavy atom. The predicted molar refractivity (Wildman–Crippen MR) is 505 cm³/mol. The molecule has 5 aromatic heterocycles. The molecule has 0 radical (unpaired) electrons. The van der Waals surface area contributed by atoms with Crippen molar-refractivity contribution in [1.29, 1.82) is 0 Å². The van der Waals surface area contributed by atoms with E-state index in [9.17, 15) is 64.2 Å². The number of aromatic amines is 1. The van der Waals surface area contributed by atoms with Gasteiger partial charge < -0.3 is 119 Å². The average Bonchev–Trinajstić information content (AvgIpc) is 0.833. The van der Waals surface area contributed by atoms with Gasteiger partial charge in [-0.25, -0.2) is 9.78 Å². The van der Waals surface area contributed by atoms with E-state index in [1.54, 1.807) is 142 Å². The zero-order valence-corrected chi connectivity index (χ0v) is 102. The molecule has 146 heavy (non-hydrogen) atoms. The number of aryl methyl sites for hydroxylation is 3. The molecule has 5 heterocycles. The molecule has 0 spiro atoms. The smallest absolute Gasteiger partial charge is 0.545 e. The third kappa shape index (κ3) is 65.5. The fourth-order valence-corrected chi connectivity index (χ4v) is 9.82. The van der Waals surface area contributed by atoms with Crippen LogP contribution in [0.3, 0.4) is 0 Å². The topological polar surface area (TPSA) is 726 Å². The summed E-state index contributed by atoms with van der Waals surface area (Å²) in [4.78, 5) is 182. The SMILES string of the molecule is C.C.C.CCc1ccc(C(=O)[O-])cc1.CNc1nc(C)[nH]c(=O)n1.CNc1nc(C)nc(Nc2cc[c-]cc2)n1.Clc1nc(Cl)nc(Cl)n1.N.Nc1ccc(C(=O)[O-])cc1.O=C([O-])c1ccc(Nc2nc(Nc3cc[c-]cc3)nc(Nc3ccc(C(=O)[O-])cc3)n2)cc1.O=C([O-])c1ccc(Nc2nc(Nc3cc[c-]cc3)nc(Nc3ccc(C(=O)[O-])cc3)n2)cc1.O=C=O.O=C=O.O=C=O.P.P.[Na+].[Na+].[Na+].[Na+].[Na+].[Na+].[Na+].[Na+].[Na+]. The summed E-state index contributed by atoms with van der Waals surface area (Å²) in [6, 6.07) is 66.6. The summed E-state index contributed by atoms with van der Waals surface area (Å²) in [5.41, 5.74) is 11.8. The van der Waals surface area contributed by atoms with Crippen molar-refractivity contribution < 1.29 is 354 Å². The summed E-state index contributed by atoms with van der Waals surface area (Å²) in [6.45, 7) is 5.55. The Hall–Kier alpha value is -8.52. The molecule has 718 valence electrons. The van der Waals surface area contributed by atoms with Crippen molar-refractivity contribution >= 4 is 208 Å². The molecule has 15 N–H and O–H groups in total. The zero-order chi connectivity index (χ0) is 96.2. The maximum atomic E-state index is 10.9. The summed E-state index contributed by atoms with van der Waals surface area (Å²) < 4.78 is 0. The van der Waals surface area contributed by atoms with Crippen molar-refractivity contribution in [2.75, 3.05) is 67.7 Å². The number of carboxylic acids is 6. The van der Waals surface area contributed by atoms with Crippen LogP contribution in [0.4, 0.5) is 99.0 Å². The number of aromatic carboxylic acids is 6. The number of rotatable bonds is 23. The van der Waals surface area contributed by atoms with Crippen molar-refractivity contribution in [1.82, 2.24) is 80.9 Å². The van der Waals surface area contributed by atoms with Gasteiger partial charge in [-0.2, -0.15) is 168 Å². The number of aromatic nitrogens is 15. The van der Waals surface area contributed by atoms with E-state index in [2.05, 4.69) is 141 Å². The fraction of sp³-hybridized carbons (Fsp3) is 0.103. The van der Waals surface area contributed by atoms with E-state index in [1.807, 2.05) is 38.1 Å². The van der Waals surface area contributed by atoms with E-state index >= 15 is 0 Å². The fourth-order valence-electron chi connectivity index (χ4n) is 9.21. The Balaban J connectivity index is -0.000000166. The Bertz CT molecular complexity index is 5860. The standard InChI is InChI=1S/2C23H17N6O4.C11H12N5.C9H10O2.C7H7NO2.C5H8N4O.C3Cl3N3.3CO2.3CH4.H3N.9Na.2H3P/c2*30-19(31)14-6-10-17(11-7-14)25-22-27-21(24-16-4-2-1-3-5-16)28-23(29-22)26-18-12-8-15(9-13-18)20(32)33;1-8-13-10(12-2)16-11(14-8)15-9-6-4-3-5-7-9;1-2-7-3-5-8(6-4-7)9(10)11;8-6-3-1-5(2-4-6)7(9)10;1-3-7-4(6-2)9-5(10)8-3;4-1-7-2(5)9-3(6)8-1;3*2-1-3;;;;;;;;;;;;;;;/h2*2-13H,(H,30,31)(H,32,33)(H3,24,25,26,27,28,29);4-7H,1-2H3,(H2,12,13,14,15,16);3-6H,2H2,1H3,(H,10,11);1-4H,8H2,(H,9,10);1-2H3,(H2,6,7,8,9,10);;;;;3*1H4;1H3;;;;;;;;;;2*1H3/q3*-1;;;;;;;;;;;;9*+1;;/p-6. The summed E-state index contributed by atoms with van der Waals surface area (Å²) in [5, 5.41) is 91.0. The van der Waals surface area contributed by atoms with Gasteiger partial charge in [0.1, 0.15) is 11.6 Å². The van der Waals surface area contributed by atoms with Gasteiger partial charge >= 0.3 is 290 Å². The Morgan fingerprint density at radius 3 is 0.705 bits per heavy atom. The average molecular weight is 2180 g/mol. The van der Waals surface area contributed by atoms with Gasteiger partial charge in [-0.1, -0.05) is 131 Å². The first-order valence-corrected chi connectivity index (χ1v) is 37.6. The third-order valence-corrected chi connectivity index (χ3v) is 15.5. The molecule has 0 aliphatic carbocycles. The Kier molecular flexibility index (Phi) is 99.1. The number of halogens is 3. The molecule has 2 atom stereocenters. The Morgan fingerprint density at radius 2 is 0.500 bits per heavy atom. The molecule has 45 nitrogen and oxygen atoms in total. The Labute approximate surface area is 1060 Å². The zero-order valence-electron chi connectivity index (χ0n) is 79.3. The van der Waals surface area contributed by atoms with Gasteiger partial charge in [0.05, 0.1) is 35.8 Å². The van der Waals surface area contributed by atoms with Gasteiger partial charge in [-0.3, -0.25) is 4.98 Å². The first-order chi connectivity index (χ1) is 62.8. The number of carbonyl (C=O) groups is 6. The van der Waals surface area contributed by atoms with Crippen LogP contribution >= 0.6 is 54.6 Å². The number of nitrogen functional groups attached to an aromatic ring is 1. The largest absolute Gasteiger partial charge is 1.00 e. The quantitative estimate of drug-likeness (QED) is 0.0122. The minimum absolute atomic E-state index is 0. The number of anilines is 17. The van der Waals surface area contributed by atoms with Crippen molar-refractivity contribution in [3.05, 3.63) is 314 Å². The molecule has 9 aromatic carbocycles. The van der Waals surface area contributed by atoms with Gasteiger partial charge in [0.15, 0.2) is 0 Å². The van der Waals surface area contributed by atoms with Crippen molar-refractivity contribution in [2.45, 2.75) is 49.5 Å². The van der Waals surface area contributed by atoms with Crippen molar-refractivity contribution in [2.24, 2.45) is 0 Å². The molecular formula is C87H86Cl3N26Na9O19P2. The molecule has 0 saturated carbocycles. The molecule has 0 saturated heterocycles. The number of hydrogen-bond donors (Lipinski definition) is 12. The minimum atomic E-state index is -1.27. The van der Waals surface area contributed by atoms with E-state index in [1.165, 1.54) is 72.8 Å². The molecule has 59 heteroatoms. The molecule has 14 rings (SSSR count). The van der Waals surface area contributed by atoms with Gasteiger partial charge in [0.2, 0.25) is 69.4 Å². The van der Waals surface area contributed by atoms with Gasteiger partial charge in [-0.05, 0) is 155 Å². The predicted octanol–water partition coefficient (Wildman–Crippen LogP) is -19.9. The van der Waals surface area contributed by atoms with Gasteiger partial charge in [0.25, 0.3) is 0 Å². The second-order valence-electron chi connectivity index (χ2n) is 24.0. The number of H-pyrrole nitrogens is 1. The van der Waals surface area contributed by atoms with Crippen molar-refractivity contribution in [3.63, 3.8) is 0 Å². The summed E-state index contributed by atoms with van der Waals surface area (Å²) in [6.07, 6.45) is 1.67. The van der Waals surface area contributed by atoms with Gasteiger partial charge in [-0.15, -0.1) is 36.4 Å². The number of carboxylic acid groups (broad SMARTS) is 6. The van der Waals surface area contributed by atoms with Crippen LogP contribution in [-0.4, -0.2) is 143 Å². The molecule has 2 unspecified atom stereocenters.